The van der Waals surface area contributed by atoms with Crippen molar-refractivity contribution >= 4 is 0 Å². The summed E-state index contributed by atoms with van der Waals surface area (Å²) in [5.74, 6) is 0. The predicted octanol–water partition coefficient (Wildman–Crippen LogP) is 3.39. The molecule has 0 aliphatic carbocycles. The number of rotatable bonds is 6. The maximum absolute atomic E-state index is 8.13. The molecule has 1 aromatic rings. The molecule has 0 amide bonds. The second-order valence-electron chi connectivity index (χ2n) is 3.23. The predicted molar refractivity (Wildman–Crippen MR) is 61.9 cm³/mol. The minimum atomic E-state index is 0.481. The third kappa shape index (κ3) is 4.37. The summed E-state index contributed by atoms with van der Waals surface area (Å²) in [6.45, 7) is 0.961. The standard InChI is InChI=1S/C10H12N6/c11-15-13-7-5-9-1-2-10(4-3-9)6-8-14-16-12/h1-4H,5-8H2. The van der Waals surface area contributed by atoms with Gasteiger partial charge in [-0.3, -0.25) is 0 Å². The summed E-state index contributed by atoms with van der Waals surface area (Å²) >= 11 is 0. The molecule has 82 valence electrons. The topological polar surface area (TPSA) is 97.5 Å². The van der Waals surface area contributed by atoms with Gasteiger partial charge in [0, 0.05) is 22.9 Å². The molecule has 0 aliphatic rings. The average Bonchev–Trinajstić information content (AvgIpc) is 2.32. The minimum Gasteiger partial charge on any atom is -0.0936 e. The molecule has 0 aliphatic heterocycles. The van der Waals surface area contributed by atoms with Crippen molar-refractivity contribution in [3.63, 3.8) is 0 Å². The molecule has 0 unspecified atom stereocenters. The van der Waals surface area contributed by atoms with E-state index in [4.69, 9.17) is 11.1 Å². The van der Waals surface area contributed by atoms with Gasteiger partial charge in [0.1, 0.15) is 0 Å². The van der Waals surface area contributed by atoms with Gasteiger partial charge in [0.2, 0.25) is 0 Å². The Hall–Kier alpha value is -2.16. The highest BCUT2D eigenvalue weighted by Crippen LogP contribution is 2.06. The highest BCUT2D eigenvalue weighted by atomic mass is 15.1. The van der Waals surface area contributed by atoms with E-state index in [1.165, 1.54) is 0 Å². The Labute approximate surface area is 93.2 Å². The Bertz CT molecular complexity index is 370. The number of hydrogen-bond donors (Lipinski definition) is 0. The van der Waals surface area contributed by atoms with Crippen LogP contribution in [0.25, 0.3) is 20.9 Å². The summed E-state index contributed by atoms with van der Waals surface area (Å²) in [7, 11) is 0. The molecule has 0 saturated heterocycles. The zero-order chi connectivity index (χ0) is 11.6. The average molecular weight is 216 g/mol. The van der Waals surface area contributed by atoms with E-state index in [2.05, 4.69) is 20.1 Å². The minimum absolute atomic E-state index is 0.481. The Kier molecular flexibility index (Phi) is 5.34. The van der Waals surface area contributed by atoms with E-state index in [0.29, 0.717) is 13.1 Å². The van der Waals surface area contributed by atoms with Gasteiger partial charge >= 0.3 is 0 Å². The first kappa shape index (κ1) is 11.9. The van der Waals surface area contributed by atoms with Crippen LogP contribution in [0.1, 0.15) is 11.1 Å². The van der Waals surface area contributed by atoms with E-state index in [0.717, 1.165) is 24.0 Å². The van der Waals surface area contributed by atoms with E-state index < -0.39 is 0 Å². The first-order valence-corrected chi connectivity index (χ1v) is 4.96. The normalized spacial score (nSPS) is 9.00. The van der Waals surface area contributed by atoms with Gasteiger partial charge < -0.3 is 0 Å². The smallest absolute Gasteiger partial charge is 0.0298 e. The van der Waals surface area contributed by atoms with Crippen molar-refractivity contribution in [3.05, 3.63) is 56.3 Å². The second kappa shape index (κ2) is 7.17. The van der Waals surface area contributed by atoms with Crippen LogP contribution >= 0.6 is 0 Å². The molecule has 0 heterocycles. The molecule has 0 fully saturated rings. The maximum Gasteiger partial charge on any atom is 0.0298 e. The Morgan fingerprint density at radius 3 is 1.50 bits per heavy atom. The Morgan fingerprint density at radius 1 is 0.812 bits per heavy atom. The van der Waals surface area contributed by atoms with Gasteiger partial charge in [-0.15, -0.1) is 0 Å². The molecule has 1 aromatic carbocycles. The van der Waals surface area contributed by atoms with Crippen LogP contribution in [0.4, 0.5) is 0 Å². The Morgan fingerprint density at radius 2 is 1.19 bits per heavy atom. The summed E-state index contributed by atoms with van der Waals surface area (Å²) < 4.78 is 0. The highest BCUT2D eigenvalue weighted by molar-refractivity contribution is 5.23. The van der Waals surface area contributed by atoms with Crippen molar-refractivity contribution in [2.45, 2.75) is 12.8 Å². The molecule has 0 radical (unpaired) electrons. The van der Waals surface area contributed by atoms with Crippen LogP contribution in [0.3, 0.4) is 0 Å². The zero-order valence-corrected chi connectivity index (χ0v) is 8.82. The first-order valence-electron chi connectivity index (χ1n) is 4.96. The third-order valence-corrected chi connectivity index (χ3v) is 2.15. The van der Waals surface area contributed by atoms with Crippen LogP contribution in [0.15, 0.2) is 34.5 Å². The second-order valence-corrected chi connectivity index (χ2v) is 3.23. The fourth-order valence-electron chi connectivity index (χ4n) is 1.32. The van der Waals surface area contributed by atoms with E-state index in [1.807, 2.05) is 24.3 Å². The van der Waals surface area contributed by atoms with Crippen LogP contribution in [0.5, 0.6) is 0 Å². The van der Waals surface area contributed by atoms with Gasteiger partial charge in [-0.25, -0.2) is 0 Å². The van der Waals surface area contributed by atoms with Gasteiger partial charge in [0.25, 0.3) is 0 Å². The van der Waals surface area contributed by atoms with Crippen molar-refractivity contribution in [1.29, 1.82) is 0 Å². The van der Waals surface area contributed by atoms with Crippen LogP contribution in [0, 0.1) is 0 Å². The summed E-state index contributed by atoms with van der Waals surface area (Å²) in [6, 6.07) is 7.99. The molecule has 0 atom stereocenters. The number of nitrogens with zero attached hydrogens (tertiary/aromatic N) is 6. The third-order valence-electron chi connectivity index (χ3n) is 2.15. The van der Waals surface area contributed by atoms with Crippen molar-refractivity contribution < 1.29 is 0 Å². The highest BCUT2D eigenvalue weighted by Gasteiger charge is 1.94. The first-order chi connectivity index (χ1) is 7.86. The number of benzene rings is 1. The summed E-state index contributed by atoms with van der Waals surface area (Å²) in [4.78, 5) is 5.39. The van der Waals surface area contributed by atoms with Gasteiger partial charge in [-0.2, -0.15) is 0 Å². The fourth-order valence-corrected chi connectivity index (χ4v) is 1.32. The van der Waals surface area contributed by atoms with Gasteiger partial charge in [-0.05, 0) is 35.0 Å². The molecular formula is C10H12N6. The van der Waals surface area contributed by atoms with E-state index in [-0.39, 0.29) is 0 Å². The van der Waals surface area contributed by atoms with E-state index in [1.54, 1.807) is 0 Å². The summed E-state index contributed by atoms with van der Waals surface area (Å²) in [5.41, 5.74) is 18.5. The molecule has 1 rings (SSSR count). The van der Waals surface area contributed by atoms with Crippen molar-refractivity contribution in [2.24, 2.45) is 10.2 Å². The van der Waals surface area contributed by atoms with Crippen molar-refractivity contribution in [2.75, 3.05) is 13.1 Å². The summed E-state index contributed by atoms with van der Waals surface area (Å²) in [6.07, 6.45) is 1.50. The van der Waals surface area contributed by atoms with Crippen LogP contribution in [-0.2, 0) is 12.8 Å². The number of azide groups is 2. The van der Waals surface area contributed by atoms with Gasteiger partial charge in [-0.1, -0.05) is 34.5 Å². The van der Waals surface area contributed by atoms with Crippen molar-refractivity contribution in [1.82, 2.24) is 0 Å². The SMILES string of the molecule is [N-]=[N+]=NCCc1ccc(CCN=[N+]=[N-])cc1. The summed E-state index contributed by atoms with van der Waals surface area (Å²) in [5, 5.41) is 6.95. The van der Waals surface area contributed by atoms with E-state index >= 15 is 0 Å². The quantitative estimate of drug-likeness (QED) is 0.395. The zero-order valence-electron chi connectivity index (χ0n) is 8.82. The lowest BCUT2D eigenvalue weighted by Gasteiger charge is -2.01. The van der Waals surface area contributed by atoms with Crippen molar-refractivity contribution in [3.8, 4) is 0 Å². The number of hydrogen-bond acceptors (Lipinski definition) is 2. The molecule has 6 heteroatoms. The lowest BCUT2D eigenvalue weighted by atomic mass is 10.1. The molecule has 0 saturated carbocycles. The Balaban J connectivity index is 2.46. The van der Waals surface area contributed by atoms with E-state index in [9.17, 15) is 0 Å². The fraction of sp³-hybridized carbons (Fsp3) is 0.400. The monoisotopic (exact) mass is 216 g/mol. The molecule has 16 heavy (non-hydrogen) atoms. The molecule has 6 nitrogen and oxygen atoms in total. The molecular weight excluding hydrogens is 204 g/mol. The van der Waals surface area contributed by atoms with Crippen LogP contribution < -0.4 is 0 Å². The molecule has 0 spiro atoms. The van der Waals surface area contributed by atoms with Gasteiger partial charge in [0.15, 0.2) is 0 Å². The van der Waals surface area contributed by atoms with Gasteiger partial charge in [0.05, 0.1) is 0 Å². The molecule has 0 bridgehead atoms. The lowest BCUT2D eigenvalue weighted by Crippen LogP contribution is -1.91. The van der Waals surface area contributed by atoms with Crippen LogP contribution in [-0.4, -0.2) is 13.1 Å². The maximum atomic E-state index is 8.13. The largest absolute Gasteiger partial charge is 0.0936 e. The van der Waals surface area contributed by atoms with Crippen LogP contribution in [0.2, 0.25) is 0 Å². The lowest BCUT2D eigenvalue weighted by molar-refractivity contribution is 0.938. The molecule has 0 N–H and O–H groups in total. The molecule has 0 aromatic heterocycles.